The Hall–Kier alpha value is -0.890. The van der Waals surface area contributed by atoms with Crippen LogP contribution < -0.4 is 0 Å². The fraction of sp³-hybridized carbons (Fsp3) is 0.583. The van der Waals surface area contributed by atoms with E-state index >= 15 is 0 Å². The van der Waals surface area contributed by atoms with E-state index < -0.39 is 0 Å². The zero-order chi connectivity index (χ0) is 10.6. The van der Waals surface area contributed by atoms with Gasteiger partial charge in [-0.15, -0.1) is 0 Å². The molecule has 2 nitrogen and oxygen atoms in total. The van der Waals surface area contributed by atoms with E-state index in [2.05, 4.69) is 0 Å². The maximum atomic E-state index is 11.8. The lowest BCUT2D eigenvalue weighted by Gasteiger charge is -2.14. The zero-order valence-corrected chi connectivity index (χ0v) is 9.12. The van der Waals surface area contributed by atoms with Crippen LogP contribution in [0.2, 0.25) is 0 Å². The lowest BCUT2D eigenvalue weighted by molar-refractivity contribution is -0.123. The second-order valence-electron chi connectivity index (χ2n) is 3.90. The summed E-state index contributed by atoms with van der Waals surface area (Å²) in [6.45, 7) is 4.58. The third-order valence-electron chi connectivity index (χ3n) is 2.48. The van der Waals surface area contributed by atoms with Crippen LogP contribution >= 0.6 is 0 Å². The topological polar surface area (TPSA) is 26.3 Å². The minimum absolute atomic E-state index is 0.00477. The highest BCUT2D eigenvalue weighted by Crippen LogP contribution is 2.25. The molecule has 78 valence electrons. The molecule has 0 aliphatic heterocycles. The SMILES string of the molecule is COCCC1=CC=CC1C(=O)C(C)C. The number of Topliss-reactive ketones (excluding diaryl/α,β-unsaturated/α-hetero) is 1. The van der Waals surface area contributed by atoms with Crippen LogP contribution in [0.1, 0.15) is 20.3 Å². The number of rotatable bonds is 5. The van der Waals surface area contributed by atoms with Gasteiger partial charge in [-0.1, -0.05) is 37.6 Å². The summed E-state index contributed by atoms with van der Waals surface area (Å²) in [5.74, 6) is 0.417. The van der Waals surface area contributed by atoms with Crippen LogP contribution in [-0.4, -0.2) is 19.5 Å². The maximum Gasteiger partial charge on any atom is 0.146 e. The van der Waals surface area contributed by atoms with Gasteiger partial charge in [0.25, 0.3) is 0 Å². The van der Waals surface area contributed by atoms with Gasteiger partial charge in [0.2, 0.25) is 0 Å². The van der Waals surface area contributed by atoms with E-state index in [0.717, 1.165) is 6.42 Å². The van der Waals surface area contributed by atoms with Crippen LogP contribution in [0.3, 0.4) is 0 Å². The predicted octanol–water partition coefficient (Wildman–Crippen LogP) is 2.36. The number of hydrogen-bond acceptors (Lipinski definition) is 2. The van der Waals surface area contributed by atoms with Gasteiger partial charge in [-0.05, 0) is 6.42 Å². The summed E-state index contributed by atoms with van der Waals surface area (Å²) in [4.78, 5) is 11.8. The second-order valence-corrected chi connectivity index (χ2v) is 3.90. The molecule has 1 rings (SSSR count). The summed E-state index contributed by atoms with van der Waals surface area (Å²) >= 11 is 0. The van der Waals surface area contributed by atoms with Crippen LogP contribution in [0.25, 0.3) is 0 Å². The Morgan fingerprint density at radius 3 is 2.86 bits per heavy atom. The standard InChI is InChI=1S/C12H18O2/c1-9(2)12(13)11-6-4-5-10(11)7-8-14-3/h4-6,9,11H,7-8H2,1-3H3. The largest absolute Gasteiger partial charge is 0.384 e. The number of ether oxygens (including phenoxy) is 1. The van der Waals surface area contributed by atoms with Gasteiger partial charge in [0.15, 0.2) is 0 Å². The van der Waals surface area contributed by atoms with Crippen LogP contribution in [-0.2, 0) is 9.53 Å². The molecule has 0 radical (unpaired) electrons. The minimum Gasteiger partial charge on any atom is -0.384 e. The first kappa shape index (κ1) is 11.2. The van der Waals surface area contributed by atoms with Gasteiger partial charge >= 0.3 is 0 Å². The van der Waals surface area contributed by atoms with Gasteiger partial charge in [0.05, 0.1) is 5.92 Å². The van der Waals surface area contributed by atoms with Crippen molar-refractivity contribution in [1.82, 2.24) is 0 Å². The number of methoxy groups -OCH3 is 1. The van der Waals surface area contributed by atoms with Gasteiger partial charge < -0.3 is 4.74 Å². The molecule has 1 aliphatic rings. The second kappa shape index (κ2) is 5.11. The molecule has 0 bridgehead atoms. The van der Waals surface area contributed by atoms with E-state index in [1.54, 1.807) is 7.11 Å². The molecule has 0 heterocycles. The summed E-state index contributed by atoms with van der Waals surface area (Å²) < 4.78 is 5.01. The smallest absolute Gasteiger partial charge is 0.146 e. The first-order valence-corrected chi connectivity index (χ1v) is 5.06. The molecular formula is C12H18O2. The van der Waals surface area contributed by atoms with Crippen molar-refractivity contribution in [1.29, 1.82) is 0 Å². The van der Waals surface area contributed by atoms with Gasteiger partial charge in [0, 0.05) is 19.6 Å². The van der Waals surface area contributed by atoms with Crippen LogP contribution in [0.4, 0.5) is 0 Å². The van der Waals surface area contributed by atoms with Crippen molar-refractivity contribution in [2.45, 2.75) is 20.3 Å². The summed E-state index contributed by atoms with van der Waals surface area (Å²) in [7, 11) is 1.68. The van der Waals surface area contributed by atoms with Gasteiger partial charge in [0.1, 0.15) is 5.78 Å². The van der Waals surface area contributed by atoms with E-state index in [1.165, 1.54) is 5.57 Å². The Morgan fingerprint density at radius 2 is 2.29 bits per heavy atom. The molecule has 2 heteroatoms. The average molecular weight is 194 g/mol. The van der Waals surface area contributed by atoms with Crippen molar-refractivity contribution in [2.75, 3.05) is 13.7 Å². The number of carbonyl (C=O) groups excluding carboxylic acids is 1. The summed E-state index contributed by atoms with van der Waals surface area (Å²) in [6.07, 6.45) is 6.83. The number of allylic oxidation sites excluding steroid dienone is 3. The van der Waals surface area contributed by atoms with E-state index in [4.69, 9.17) is 4.74 Å². The lowest BCUT2D eigenvalue weighted by atomic mass is 9.90. The van der Waals surface area contributed by atoms with Gasteiger partial charge in [-0.3, -0.25) is 4.79 Å². The van der Waals surface area contributed by atoms with E-state index in [9.17, 15) is 4.79 Å². The first-order chi connectivity index (χ1) is 6.66. The summed E-state index contributed by atoms with van der Waals surface area (Å²) in [5.41, 5.74) is 1.19. The summed E-state index contributed by atoms with van der Waals surface area (Å²) in [5, 5.41) is 0. The predicted molar refractivity (Wildman–Crippen MR) is 57.1 cm³/mol. The molecule has 0 saturated carbocycles. The minimum atomic E-state index is 0.00477. The molecule has 1 aliphatic carbocycles. The molecule has 0 saturated heterocycles. The number of carbonyl (C=O) groups is 1. The highest BCUT2D eigenvalue weighted by molar-refractivity contribution is 5.88. The van der Waals surface area contributed by atoms with Crippen molar-refractivity contribution in [3.05, 3.63) is 23.8 Å². The fourth-order valence-corrected chi connectivity index (χ4v) is 1.61. The Bertz CT molecular complexity index is 261. The Balaban J connectivity index is 2.57. The molecule has 1 unspecified atom stereocenters. The van der Waals surface area contributed by atoms with Crippen molar-refractivity contribution >= 4 is 5.78 Å². The highest BCUT2D eigenvalue weighted by atomic mass is 16.5. The van der Waals surface area contributed by atoms with Crippen molar-refractivity contribution in [2.24, 2.45) is 11.8 Å². The molecule has 0 aromatic heterocycles. The lowest BCUT2D eigenvalue weighted by Crippen LogP contribution is -2.19. The zero-order valence-electron chi connectivity index (χ0n) is 9.12. The monoisotopic (exact) mass is 194 g/mol. The molecule has 0 aromatic rings. The molecule has 0 fully saturated rings. The van der Waals surface area contributed by atoms with E-state index in [-0.39, 0.29) is 11.8 Å². The normalized spacial score (nSPS) is 20.3. The van der Waals surface area contributed by atoms with E-state index in [1.807, 2.05) is 32.1 Å². The molecule has 14 heavy (non-hydrogen) atoms. The molecule has 0 spiro atoms. The van der Waals surface area contributed by atoms with Crippen molar-refractivity contribution in [3.8, 4) is 0 Å². The van der Waals surface area contributed by atoms with E-state index in [0.29, 0.717) is 12.4 Å². The average Bonchev–Trinajstić information content (AvgIpc) is 2.61. The molecule has 0 aromatic carbocycles. The Labute approximate surface area is 85.6 Å². The van der Waals surface area contributed by atoms with Crippen molar-refractivity contribution in [3.63, 3.8) is 0 Å². The van der Waals surface area contributed by atoms with Gasteiger partial charge in [-0.2, -0.15) is 0 Å². The van der Waals surface area contributed by atoms with Gasteiger partial charge in [-0.25, -0.2) is 0 Å². The van der Waals surface area contributed by atoms with Crippen molar-refractivity contribution < 1.29 is 9.53 Å². The molecular weight excluding hydrogens is 176 g/mol. The Kier molecular flexibility index (Phi) is 4.08. The third-order valence-corrected chi connectivity index (χ3v) is 2.48. The van der Waals surface area contributed by atoms with Crippen LogP contribution in [0.5, 0.6) is 0 Å². The molecule has 0 amide bonds. The number of hydrogen-bond donors (Lipinski definition) is 0. The van der Waals surface area contributed by atoms with Crippen LogP contribution in [0.15, 0.2) is 23.8 Å². The molecule has 0 N–H and O–H groups in total. The maximum absolute atomic E-state index is 11.8. The number of ketones is 1. The quantitative estimate of drug-likeness (QED) is 0.671. The third kappa shape index (κ3) is 2.55. The Morgan fingerprint density at radius 1 is 1.57 bits per heavy atom. The highest BCUT2D eigenvalue weighted by Gasteiger charge is 2.24. The first-order valence-electron chi connectivity index (χ1n) is 5.06. The van der Waals surface area contributed by atoms with Crippen LogP contribution in [0, 0.1) is 11.8 Å². The molecule has 1 atom stereocenters. The fourth-order valence-electron chi connectivity index (χ4n) is 1.61. The summed E-state index contributed by atoms with van der Waals surface area (Å²) in [6, 6.07) is 0.